The lowest BCUT2D eigenvalue weighted by atomic mass is 10.2. The van der Waals surface area contributed by atoms with Crippen molar-refractivity contribution in [3.8, 4) is 5.75 Å². The number of aryl methyl sites for hydroxylation is 1. The van der Waals surface area contributed by atoms with Gasteiger partial charge in [0.15, 0.2) is 11.6 Å². The highest BCUT2D eigenvalue weighted by atomic mass is 31.0. The summed E-state index contributed by atoms with van der Waals surface area (Å²) in [7, 11) is 3.65. The van der Waals surface area contributed by atoms with Crippen LogP contribution in [0.1, 0.15) is 11.1 Å². The van der Waals surface area contributed by atoms with Crippen LogP contribution >= 0.6 is 9.24 Å². The van der Waals surface area contributed by atoms with Gasteiger partial charge in [0.25, 0.3) is 0 Å². The summed E-state index contributed by atoms with van der Waals surface area (Å²) < 4.78 is 47.5. The molecule has 0 spiro atoms. The van der Waals surface area contributed by atoms with Gasteiger partial charge in [-0.2, -0.15) is 9.37 Å². The van der Waals surface area contributed by atoms with Crippen LogP contribution in [0.2, 0.25) is 0 Å². The predicted molar refractivity (Wildman–Crippen MR) is 104 cm³/mol. The molecule has 28 heavy (non-hydrogen) atoms. The topological polar surface area (TPSA) is 56.1 Å². The minimum absolute atomic E-state index is 0.0274. The Balaban J connectivity index is 2.00. The molecule has 0 saturated carbocycles. The summed E-state index contributed by atoms with van der Waals surface area (Å²) in [6.07, 6.45) is 0.972. The van der Waals surface area contributed by atoms with Gasteiger partial charge >= 0.3 is 5.56 Å². The van der Waals surface area contributed by atoms with Gasteiger partial charge in [0, 0.05) is 17.2 Å². The Morgan fingerprint density at radius 2 is 1.93 bits per heavy atom. The normalized spacial score (nSPS) is 10.8. The fraction of sp³-hybridized carbons (Fsp3) is 0.158. The summed E-state index contributed by atoms with van der Waals surface area (Å²) >= 11 is 0. The van der Waals surface area contributed by atoms with E-state index < -0.39 is 23.0 Å². The van der Waals surface area contributed by atoms with Crippen molar-refractivity contribution in [1.29, 1.82) is 0 Å². The second kappa shape index (κ2) is 8.02. The number of halogens is 3. The number of methoxy groups -OCH3 is 1. The third-order valence-corrected chi connectivity index (χ3v) is 4.52. The van der Waals surface area contributed by atoms with Gasteiger partial charge in [0.05, 0.1) is 13.7 Å². The van der Waals surface area contributed by atoms with Crippen molar-refractivity contribution in [2.45, 2.75) is 13.5 Å². The number of nitrogens with zero attached hydrogens (tertiary/aromatic N) is 2. The maximum Gasteiger partial charge on any atom is 0.310 e. The minimum atomic E-state index is -1.05. The zero-order valence-corrected chi connectivity index (χ0v) is 16.2. The summed E-state index contributed by atoms with van der Waals surface area (Å²) in [5.74, 6) is -2.31. The summed E-state index contributed by atoms with van der Waals surface area (Å²) in [6.45, 7) is 1.80. The van der Waals surface area contributed by atoms with Crippen LogP contribution in [0.4, 0.5) is 24.8 Å². The highest BCUT2D eigenvalue weighted by Crippen LogP contribution is 2.24. The van der Waals surface area contributed by atoms with Crippen molar-refractivity contribution >= 4 is 26.2 Å². The molecule has 0 amide bonds. The molecule has 0 saturated heterocycles. The van der Waals surface area contributed by atoms with E-state index in [1.54, 1.807) is 25.3 Å². The summed E-state index contributed by atoms with van der Waals surface area (Å²) in [5, 5.41) is 3.02. The zero-order valence-electron chi connectivity index (χ0n) is 15.1. The molecular weight excluding hydrogens is 390 g/mol. The Morgan fingerprint density at radius 1 is 1.18 bits per heavy atom. The molecule has 0 bridgehead atoms. The minimum Gasteiger partial charge on any atom is -0.497 e. The zero-order chi connectivity index (χ0) is 20.4. The Kier molecular flexibility index (Phi) is 5.70. The summed E-state index contributed by atoms with van der Waals surface area (Å²) in [6, 6.07) is 7.66. The Bertz CT molecular complexity index is 1080. The lowest BCUT2D eigenvalue weighted by Crippen LogP contribution is -2.20. The van der Waals surface area contributed by atoms with Crippen LogP contribution in [-0.2, 0) is 6.54 Å². The number of benzene rings is 2. The standard InChI is InChI=1S/C19H17F3N3O2P/c1-10-5-12(27-2)3-4-15(10)23-19-24-18(26)14(21)9-25(19)8-11-6-13(20)17(22)16(28)7-11/h3-7,9H,8,28H2,1-2H3,(H,23,24,26). The molecule has 1 N–H and O–H groups in total. The molecule has 1 atom stereocenters. The maximum absolute atomic E-state index is 13.8. The van der Waals surface area contributed by atoms with Gasteiger partial charge in [-0.1, -0.05) is 0 Å². The molecule has 2 aromatic carbocycles. The summed E-state index contributed by atoms with van der Waals surface area (Å²) in [4.78, 5) is 15.4. The molecule has 0 radical (unpaired) electrons. The van der Waals surface area contributed by atoms with Crippen LogP contribution in [0.3, 0.4) is 0 Å². The first-order valence-corrected chi connectivity index (χ1v) is 8.78. The number of rotatable bonds is 5. The number of aromatic nitrogens is 2. The van der Waals surface area contributed by atoms with Crippen LogP contribution in [0, 0.1) is 24.4 Å². The third kappa shape index (κ3) is 4.17. The first kappa shape index (κ1) is 19.9. The lowest BCUT2D eigenvalue weighted by Gasteiger charge is -2.16. The van der Waals surface area contributed by atoms with Crippen molar-refractivity contribution in [2.24, 2.45) is 0 Å². The average molecular weight is 407 g/mol. The van der Waals surface area contributed by atoms with E-state index in [1.165, 1.54) is 10.6 Å². The van der Waals surface area contributed by atoms with Crippen molar-refractivity contribution < 1.29 is 17.9 Å². The maximum atomic E-state index is 13.8. The van der Waals surface area contributed by atoms with Gasteiger partial charge in [-0.05, 0) is 48.4 Å². The number of hydrogen-bond acceptors (Lipinski definition) is 4. The Morgan fingerprint density at radius 3 is 2.57 bits per heavy atom. The Hall–Kier alpha value is -2.86. The average Bonchev–Trinajstić information content (AvgIpc) is 2.65. The van der Waals surface area contributed by atoms with E-state index >= 15 is 0 Å². The van der Waals surface area contributed by atoms with Crippen LogP contribution in [-0.4, -0.2) is 16.7 Å². The molecule has 1 heterocycles. The molecular formula is C19H17F3N3O2P. The lowest BCUT2D eigenvalue weighted by molar-refractivity contribution is 0.414. The second-order valence-corrected chi connectivity index (χ2v) is 6.75. The molecule has 0 aliphatic carbocycles. The van der Waals surface area contributed by atoms with Gasteiger partial charge in [0.1, 0.15) is 5.75 Å². The van der Waals surface area contributed by atoms with Gasteiger partial charge in [-0.3, -0.25) is 4.79 Å². The van der Waals surface area contributed by atoms with Crippen LogP contribution < -0.4 is 20.9 Å². The first-order valence-electron chi connectivity index (χ1n) is 8.20. The molecule has 3 aromatic rings. The van der Waals surface area contributed by atoms with E-state index in [0.717, 1.165) is 17.8 Å². The molecule has 1 aromatic heterocycles. The predicted octanol–water partition coefficient (Wildman–Crippen LogP) is 3.27. The van der Waals surface area contributed by atoms with Crippen molar-refractivity contribution in [3.63, 3.8) is 0 Å². The van der Waals surface area contributed by atoms with Crippen LogP contribution in [0.5, 0.6) is 5.75 Å². The fourth-order valence-corrected chi connectivity index (χ4v) is 3.02. The highest BCUT2D eigenvalue weighted by molar-refractivity contribution is 7.27. The van der Waals surface area contributed by atoms with Crippen LogP contribution in [0.15, 0.2) is 41.3 Å². The van der Waals surface area contributed by atoms with E-state index in [9.17, 15) is 18.0 Å². The smallest absolute Gasteiger partial charge is 0.310 e. The van der Waals surface area contributed by atoms with E-state index in [-0.39, 0.29) is 17.8 Å². The largest absolute Gasteiger partial charge is 0.497 e. The van der Waals surface area contributed by atoms with Gasteiger partial charge in [-0.15, -0.1) is 9.24 Å². The monoisotopic (exact) mass is 407 g/mol. The molecule has 3 rings (SSSR count). The Labute approximate surface area is 161 Å². The number of nitrogens with one attached hydrogen (secondary N) is 1. The van der Waals surface area contributed by atoms with Gasteiger partial charge in [-0.25, -0.2) is 8.78 Å². The van der Waals surface area contributed by atoms with E-state index in [2.05, 4.69) is 19.5 Å². The van der Waals surface area contributed by atoms with Crippen molar-refractivity contribution in [1.82, 2.24) is 9.55 Å². The van der Waals surface area contributed by atoms with Gasteiger partial charge < -0.3 is 14.6 Å². The molecule has 5 nitrogen and oxygen atoms in total. The second-order valence-electron chi connectivity index (χ2n) is 6.13. The van der Waals surface area contributed by atoms with E-state index in [1.807, 2.05) is 6.92 Å². The molecule has 9 heteroatoms. The molecule has 0 aliphatic rings. The molecule has 146 valence electrons. The van der Waals surface area contributed by atoms with Crippen molar-refractivity contribution in [3.05, 3.63) is 75.5 Å². The molecule has 0 fully saturated rings. The molecule has 0 aliphatic heterocycles. The highest BCUT2D eigenvalue weighted by Gasteiger charge is 2.13. The molecule has 1 unspecified atom stereocenters. The number of ether oxygens (including phenoxy) is 1. The van der Waals surface area contributed by atoms with Crippen LogP contribution in [0.25, 0.3) is 0 Å². The number of hydrogen-bond donors (Lipinski definition) is 1. The fourth-order valence-electron chi connectivity index (χ4n) is 2.67. The number of anilines is 2. The first-order chi connectivity index (χ1) is 13.3. The SMILES string of the molecule is COc1ccc(Nc2nc(=O)c(F)cn2Cc2cc(F)c(F)c(P)c2)c(C)c1. The van der Waals surface area contributed by atoms with E-state index in [0.29, 0.717) is 17.0 Å². The third-order valence-electron chi connectivity index (χ3n) is 4.10. The van der Waals surface area contributed by atoms with Gasteiger partial charge in [0.2, 0.25) is 11.8 Å². The van der Waals surface area contributed by atoms with E-state index in [4.69, 9.17) is 4.74 Å². The van der Waals surface area contributed by atoms with Crippen molar-refractivity contribution in [2.75, 3.05) is 12.4 Å². The quantitative estimate of drug-likeness (QED) is 0.660. The summed E-state index contributed by atoms with van der Waals surface area (Å²) in [5.41, 5.74) is 0.791.